The van der Waals surface area contributed by atoms with Crippen LogP contribution in [0.25, 0.3) is 16.8 Å². The lowest BCUT2D eigenvalue weighted by atomic mass is 10.1. The lowest BCUT2D eigenvalue weighted by Crippen LogP contribution is -2.28. The molecule has 0 unspecified atom stereocenters. The number of nitrogens with one attached hydrogen (secondary N) is 1. The fraction of sp³-hybridized carbons (Fsp3) is 0.136. The Morgan fingerprint density at radius 2 is 2.00 bits per heavy atom. The third-order valence-corrected chi connectivity index (χ3v) is 5.32. The molecule has 0 radical (unpaired) electrons. The summed E-state index contributed by atoms with van der Waals surface area (Å²) in [6.07, 6.45) is 3.15. The van der Waals surface area contributed by atoms with E-state index < -0.39 is 0 Å². The van der Waals surface area contributed by atoms with Gasteiger partial charge in [0.2, 0.25) is 12.7 Å². The zero-order valence-corrected chi connectivity index (χ0v) is 17.6. The Kier molecular flexibility index (Phi) is 4.95. The lowest BCUT2D eigenvalue weighted by Gasteiger charge is -2.09. The summed E-state index contributed by atoms with van der Waals surface area (Å²) in [4.78, 5) is 25.4. The molecule has 0 saturated carbocycles. The summed E-state index contributed by atoms with van der Waals surface area (Å²) >= 11 is 6.09. The minimum atomic E-state index is -0.367. The quantitative estimate of drug-likeness (QED) is 0.499. The zero-order valence-electron chi connectivity index (χ0n) is 16.9. The molecule has 1 N–H and O–H groups in total. The number of hydrogen-bond donors (Lipinski definition) is 1. The van der Waals surface area contributed by atoms with Crippen LogP contribution in [0.1, 0.15) is 0 Å². The van der Waals surface area contributed by atoms with Crippen LogP contribution in [0.3, 0.4) is 0 Å². The van der Waals surface area contributed by atoms with Gasteiger partial charge in [-0.15, -0.1) is 0 Å². The molecule has 3 heterocycles. The Labute approximate surface area is 186 Å². The van der Waals surface area contributed by atoms with E-state index in [2.05, 4.69) is 10.4 Å². The fourth-order valence-electron chi connectivity index (χ4n) is 3.45. The van der Waals surface area contributed by atoms with E-state index in [-0.39, 0.29) is 24.8 Å². The summed E-state index contributed by atoms with van der Waals surface area (Å²) in [5.74, 6) is 1.44. The average Bonchev–Trinajstić information content (AvgIpc) is 3.42. The van der Waals surface area contributed by atoms with E-state index in [9.17, 15) is 9.59 Å². The molecule has 162 valence electrons. The van der Waals surface area contributed by atoms with E-state index in [4.69, 9.17) is 25.8 Å². The van der Waals surface area contributed by atoms with Crippen LogP contribution < -0.4 is 25.1 Å². The van der Waals surface area contributed by atoms with Gasteiger partial charge in [0.25, 0.3) is 5.56 Å². The van der Waals surface area contributed by atoms with Gasteiger partial charge in [0.15, 0.2) is 11.5 Å². The predicted molar refractivity (Wildman–Crippen MR) is 118 cm³/mol. The van der Waals surface area contributed by atoms with Gasteiger partial charge in [-0.3, -0.25) is 9.59 Å². The Morgan fingerprint density at radius 1 is 1.16 bits per heavy atom. The first kappa shape index (κ1) is 20.0. The van der Waals surface area contributed by atoms with Gasteiger partial charge >= 0.3 is 0 Å². The number of nitrogens with zero attached hydrogens (tertiary/aromatic N) is 3. The SMILES string of the molecule is COc1ccc(NC(=O)Cn2ccn3nc(-c4ccc5c(c4)OCO5)cc3c2=O)cc1Cl. The number of amides is 1. The average molecular weight is 453 g/mol. The molecule has 0 fully saturated rings. The molecule has 1 aliphatic heterocycles. The molecule has 0 spiro atoms. The lowest BCUT2D eigenvalue weighted by molar-refractivity contribution is -0.116. The van der Waals surface area contributed by atoms with Crippen molar-refractivity contribution in [2.24, 2.45) is 0 Å². The Hall–Kier alpha value is -3.98. The predicted octanol–water partition coefficient (Wildman–Crippen LogP) is 3.19. The van der Waals surface area contributed by atoms with Gasteiger partial charge < -0.3 is 24.1 Å². The number of rotatable bonds is 5. The third kappa shape index (κ3) is 3.63. The normalized spacial score (nSPS) is 12.2. The minimum absolute atomic E-state index is 0.163. The maximum absolute atomic E-state index is 12.9. The van der Waals surface area contributed by atoms with Crippen molar-refractivity contribution >= 4 is 28.7 Å². The third-order valence-electron chi connectivity index (χ3n) is 5.02. The van der Waals surface area contributed by atoms with Gasteiger partial charge in [-0.25, -0.2) is 4.52 Å². The molecule has 1 amide bonds. The standard InChI is InChI=1S/C22H17ClN4O5/c1-30-18-5-3-14(9-15(18)23)24-21(28)11-26-6-7-27-17(22(26)29)10-16(25-27)13-2-4-19-20(8-13)32-12-31-19/h2-10H,11-12H2,1H3,(H,24,28). The molecule has 5 rings (SSSR count). The maximum atomic E-state index is 12.9. The molecule has 1 aliphatic rings. The first-order valence-electron chi connectivity index (χ1n) is 9.64. The molecule has 0 aliphatic carbocycles. The number of ether oxygens (including phenoxy) is 3. The Balaban J connectivity index is 1.38. The molecule has 0 atom stereocenters. The van der Waals surface area contributed by atoms with Gasteiger partial charge in [-0.1, -0.05) is 11.6 Å². The van der Waals surface area contributed by atoms with E-state index in [1.165, 1.54) is 22.4 Å². The van der Waals surface area contributed by atoms with Gasteiger partial charge in [-0.05, 0) is 42.5 Å². The summed E-state index contributed by atoms with van der Waals surface area (Å²) in [6.45, 7) is 0.0168. The number of methoxy groups -OCH3 is 1. The van der Waals surface area contributed by atoms with Crippen LogP contribution in [0.4, 0.5) is 5.69 Å². The molecular formula is C22H17ClN4O5. The number of aromatic nitrogens is 3. The summed E-state index contributed by atoms with van der Waals surface area (Å²) in [5.41, 5.74) is 1.91. The van der Waals surface area contributed by atoms with E-state index in [0.29, 0.717) is 39.2 Å². The van der Waals surface area contributed by atoms with Crippen LogP contribution >= 0.6 is 11.6 Å². The molecule has 4 aromatic rings. The second-order valence-corrected chi connectivity index (χ2v) is 7.46. The Bertz CT molecular complexity index is 1410. The fourth-order valence-corrected chi connectivity index (χ4v) is 3.70. The van der Waals surface area contributed by atoms with Crippen molar-refractivity contribution in [3.05, 3.63) is 70.2 Å². The van der Waals surface area contributed by atoms with E-state index in [1.807, 2.05) is 12.1 Å². The number of hydrogen-bond acceptors (Lipinski definition) is 6. The van der Waals surface area contributed by atoms with E-state index in [0.717, 1.165) is 5.56 Å². The van der Waals surface area contributed by atoms with Crippen LogP contribution in [0, 0.1) is 0 Å². The highest BCUT2D eigenvalue weighted by atomic mass is 35.5. The topological polar surface area (TPSA) is 96.1 Å². The van der Waals surface area contributed by atoms with Crippen molar-refractivity contribution in [3.8, 4) is 28.5 Å². The van der Waals surface area contributed by atoms with Gasteiger partial charge in [0.1, 0.15) is 17.8 Å². The zero-order chi connectivity index (χ0) is 22.2. The number of carbonyl (C=O) groups is 1. The molecular weight excluding hydrogens is 436 g/mol. The van der Waals surface area contributed by atoms with Crippen molar-refractivity contribution < 1.29 is 19.0 Å². The number of carbonyl (C=O) groups excluding carboxylic acids is 1. The van der Waals surface area contributed by atoms with Crippen LogP contribution in [-0.4, -0.2) is 34.0 Å². The van der Waals surface area contributed by atoms with Gasteiger partial charge in [0.05, 0.1) is 17.8 Å². The van der Waals surface area contributed by atoms with E-state index >= 15 is 0 Å². The number of fused-ring (bicyclic) bond motifs is 2. The van der Waals surface area contributed by atoms with Crippen molar-refractivity contribution in [2.75, 3.05) is 19.2 Å². The summed E-state index contributed by atoms with van der Waals surface area (Å²) in [5, 5.41) is 7.56. The number of halogens is 1. The number of benzene rings is 2. The first-order valence-corrected chi connectivity index (χ1v) is 10.0. The summed E-state index contributed by atoms with van der Waals surface area (Å²) in [6, 6.07) is 12.0. The van der Waals surface area contributed by atoms with E-state index in [1.54, 1.807) is 36.5 Å². The second-order valence-electron chi connectivity index (χ2n) is 7.06. The first-order chi connectivity index (χ1) is 15.5. The maximum Gasteiger partial charge on any atom is 0.277 e. The number of anilines is 1. The molecule has 32 heavy (non-hydrogen) atoms. The minimum Gasteiger partial charge on any atom is -0.495 e. The highest BCUT2D eigenvalue weighted by Gasteiger charge is 2.16. The van der Waals surface area contributed by atoms with Crippen LogP contribution in [0.2, 0.25) is 5.02 Å². The highest BCUT2D eigenvalue weighted by molar-refractivity contribution is 6.32. The molecule has 2 aromatic carbocycles. The van der Waals surface area contributed by atoms with Gasteiger partial charge in [-0.2, -0.15) is 5.10 Å². The molecule has 0 bridgehead atoms. The summed E-state index contributed by atoms with van der Waals surface area (Å²) in [7, 11) is 1.51. The van der Waals surface area contributed by atoms with Crippen LogP contribution in [0.15, 0.2) is 59.7 Å². The van der Waals surface area contributed by atoms with Crippen molar-refractivity contribution in [1.29, 1.82) is 0 Å². The second kappa shape index (κ2) is 7.93. The van der Waals surface area contributed by atoms with Crippen molar-refractivity contribution in [2.45, 2.75) is 6.54 Å². The van der Waals surface area contributed by atoms with Gasteiger partial charge in [0, 0.05) is 23.6 Å². The summed E-state index contributed by atoms with van der Waals surface area (Å²) < 4.78 is 18.6. The molecule has 2 aromatic heterocycles. The van der Waals surface area contributed by atoms with Crippen molar-refractivity contribution in [3.63, 3.8) is 0 Å². The van der Waals surface area contributed by atoms with Crippen LogP contribution in [-0.2, 0) is 11.3 Å². The molecule has 0 saturated heterocycles. The molecule has 10 heteroatoms. The Morgan fingerprint density at radius 3 is 2.81 bits per heavy atom. The molecule has 9 nitrogen and oxygen atoms in total. The smallest absolute Gasteiger partial charge is 0.277 e. The monoisotopic (exact) mass is 452 g/mol. The largest absolute Gasteiger partial charge is 0.495 e. The van der Waals surface area contributed by atoms with Crippen LogP contribution in [0.5, 0.6) is 17.2 Å². The highest BCUT2D eigenvalue weighted by Crippen LogP contribution is 2.35. The van der Waals surface area contributed by atoms with Crippen molar-refractivity contribution in [1.82, 2.24) is 14.2 Å².